The quantitative estimate of drug-likeness (QED) is 0.525. The third kappa shape index (κ3) is 3.95. The second-order valence-electron chi connectivity index (χ2n) is 5.27. The first-order valence-corrected chi connectivity index (χ1v) is 7.79. The van der Waals surface area contributed by atoms with E-state index in [9.17, 15) is 19.2 Å². The summed E-state index contributed by atoms with van der Waals surface area (Å²) in [6.45, 7) is -0.768. The van der Waals surface area contributed by atoms with Crippen molar-refractivity contribution >= 4 is 29.2 Å². The highest BCUT2D eigenvalue weighted by Gasteiger charge is 2.21. The largest absolute Gasteiger partial charge is 0.493 e. The minimum Gasteiger partial charge on any atom is -0.493 e. The molecule has 2 rings (SSSR count). The number of ether oxygens (including phenoxy) is 3. The first-order chi connectivity index (χ1) is 12.7. The van der Waals surface area contributed by atoms with Crippen molar-refractivity contribution in [2.24, 2.45) is 7.05 Å². The molecule has 1 aromatic heterocycles. The molecule has 0 bridgehead atoms. The van der Waals surface area contributed by atoms with Gasteiger partial charge in [0, 0.05) is 7.05 Å². The van der Waals surface area contributed by atoms with E-state index in [-0.39, 0.29) is 27.9 Å². The van der Waals surface area contributed by atoms with Gasteiger partial charge in [0.25, 0.3) is 5.56 Å². The summed E-state index contributed by atoms with van der Waals surface area (Å²) in [5.41, 5.74) is 3.42. The van der Waals surface area contributed by atoms with Gasteiger partial charge in [-0.2, -0.15) is 0 Å². The molecule has 27 heavy (non-hydrogen) atoms. The Hall–Kier alpha value is -3.27. The molecule has 11 heteroatoms. The molecular weight excluding hydrogens is 382 g/mol. The van der Waals surface area contributed by atoms with Crippen LogP contribution in [0.5, 0.6) is 11.5 Å². The molecule has 1 heterocycles. The molecule has 0 radical (unpaired) electrons. The number of benzene rings is 1. The summed E-state index contributed by atoms with van der Waals surface area (Å²) >= 11 is 6.02. The van der Waals surface area contributed by atoms with Crippen molar-refractivity contribution in [2.75, 3.05) is 26.6 Å². The van der Waals surface area contributed by atoms with Crippen molar-refractivity contribution in [1.82, 2.24) is 9.55 Å². The Kier molecular flexibility index (Phi) is 5.91. The molecular formula is C16H16ClN3O7. The molecule has 0 fully saturated rings. The number of nitrogens with two attached hydrogens (primary N) is 1. The highest BCUT2D eigenvalue weighted by Crippen LogP contribution is 2.36. The lowest BCUT2D eigenvalue weighted by Gasteiger charge is -2.12. The van der Waals surface area contributed by atoms with Crippen molar-refractivity contribution in [1.29, 1.82) is 0 Å². The van der Waals surface area contributed by atoms with Gasteiger partial charge >= 0.3 is 11.7 Å². The van der Waals surface area contributed by atoms with Gasteiger partial charge in [-0.1, -0.05) is 11.6 Å². The number of H-pyrrole nitrogens is 1. The average molecular weight is 398 g/mol. The van der Waals surface area contributed by atoms with Gasteiger partial charge in [-0.3, -0.25) is 19.1 Å². The number of anilines is 1. The van der Waals surface area contributed by atoms with Gasteiger partial charge in [0.05, 0.1) is 24.8 Å². The van der Waals surface area contributed by atoms with Crippen LogP contribution in [-0.2, 0) is 11.8 Å². The second kappa shape index (κ2) is 7.96. The zero-order valence-corrected chi connectivity index (χ0v) is 15.4. The lowest BCUT2D eigenvalue weighted by atomic mass is 10.2. The highest BCUT2D eigenvalue weighted by molar-refractivity contribution is 6.32. The molecule has 0 saturated carbocycles. The molecule has 0 saturated heterocycles. The fourth-order valence-corrected chi connectivity index (χ4v) is 2.52. The Balaban J connectivity index is 2.23. The SMILES string of the molecule is COc1cc(C(=O)OCC(=O)c2c(N)n(C)c(=O)[nH]c2=O)cc(Cl)c1OC. The van der Waals surface area contributed by atoms with Gasteiger partial charge in [-0.05, 0) is 12.1 Å². The number of nitrogens with one attached hydrogen (secondary N) is 1. The molecule has 144 valence electrons. The van der Waals surface area contributed by atoms with E-state index in [1.165, 1.54) is 33.4 Å². The van der Waals surface area contributed by atoms with E-state index in [4.69, 9.17) is 31.5 Å². The number of nitrogens with zero attached hydrogens (tertiary/aromatic N) is 1. The summed E-state index contributed by atoms with van der Waals surface area (Å²) in [4.78, 5) is 49.6. The third-order valence-electron chi connectivity index (χ3n) is 3.65. The van der Waals surface area contributed by atoms with Crippen LogP contribution >= 0.6 is 11.6 Å². The minimum atomic E-state index is -0.967. The number of esters is 1. The zero-order valence-electron chi connectivity index (χ0n) is 14.6. The van der Waals surface area contributed by atoms with Gasteiger partial charge in [-0.15, -0.1) is 0 Å². The number of rotatable bonds is 6. The van der Waals surface area contributed by atoms with Crippen molar-refractivity contribution in [3.8, 4) is 11.5 Å². The molecule has 10 nitrogen and oxygen atoms in total. The summed E-state index contributed by atoms with van der Waals surface area (Å²) < 4.78 is 15.9. The summed E-state index contributed by atoms with van der Waals surface area (Å²) in [6, 6.07) is 2.61. The maximum atomic E-state index is 12.2. The van der Waals surface area contributed by atoms with Gasteiger partial charge in [-0.25, -0.2) is 9.59 Å². The predicted molar refractivity (Wildman–Crippen MR) is 95.9 cm³/mol. The van der Waals surface area contributed by atoms with Crippen LogP contribution in [0.25, 0.3) is 0 Å². The van der Waals surface area contributed by atoms with E-state index in [0.29, 0.717) is 0 Å². The summed E-state index contributed by atoms with van der Waals surface area (Å²) in [6.07, 6.45) is 0. The molecule has 0 amide bonds. The lowest BCUT2D eigenvalue weighted by Crippen LogP contribution is -2.35. The Morgan fingerprint density at radius 3 is 2.48 bits per heavy atom. The Morgan fingerprint density at radius 1 is 1.22 bits per heavy atom. The van der Waals surface area contributed by atoms with Gasteiger partial charge in [0.2, 0.25) is 5.78 Å². The normalized spacial score (nSPS) is 10.4. The fourth-order valence-electron chi connectivity index (χ4n) is 2.23. The molecule has 0 spiro atoms. The van der Waals surface area contributed by atoms with E-state index in [1.54, 1.807) is 0 Å². The molecule has 0 aliphatic heterocycles. The summed E-state index contributed by atoms with van der Waals surface area (Å²) in [5, 5.41) is 0.105. The van der Waals surface area contributed by atoms with E-state index < -0.39 is 35.2 Å². The summed E-state index contributed by atoms with van der Waals surface area (Å²) in [7, 11) is 4.03. The van der Waals surface area contributed by atoms with Crippen molar-refractivity contribution in [3.05, 3.63) is 49.1 Å². The van der Waals surface area contributed by atoms with Crippen LogP contribution in [0.15, 0.2) is 21.7 Å². The van der Waals surface area contributed by atoms with Crippen molar-refractivity contribution < 1.29 is 23.8 Å². The van der Waals surface area contributed by atoms with Crippen LogP contribution < -0.4 is 26.5 Å². The van der Waals surface area contributed by atoms with E-state index >= 15 is 0 Å². The van der Waals surface area contributed by atoms with Crippen molar-refractivity contribution in [2.45, 2.75) is 0 Å². The molecule has 0 atom stereocenters. The van der Waals surface area contributed by atoms with Crippen LogP contribution in [-0.4, -0.2) is 42.1 Å². The van der Waals surface area contributed by atoms with E-state index in [0.717, 1.165) is 4.57 Å². The summed E-state index contributed by atoms with van der Waals surface area (Å²) in [5.74, 6) is -1.66. The zero-order chi connectivity index (χ0) is 20.3. The van der Waals surface area contributed by atoms with Crippen LogP contribution in [0, 0.1) is 0 Å². The second-order valence-corrected chi connectivity index (χ2v) is 5.68. The van der Waals surface area contributed by atoms with Gasteiger partial charge in [0.1, 0.15) is 11.4 Å². The Morgan fingerprint density at radius 2 is 1.89 bits per heavy atom. The predicted octanol–water partition coefficient (Wildman–Crippen LogP) is 0.366. The Labute approximate surface area is 157 Å². The van der Waals surface area contributed by atoms with Crippen LogP contribution in [0.2, 0.25) is 5.02 Å². The first-order valence-electron chi connectivity index (χ1n) is 7.41. The number of carbonyl (C=O) groups is 2. The number of Topliss-reactive ketones (excluding diaryl/α,β-unsaturated/α-hetero) is 1. The van der Waals surface area contributed by atoms with E-state index in [1.807, 2.05) is 4.98 Å². The minimum absolute atomic E-state index is 0.00722. The monoisotopic (exact) mass is 397 g/mol. The molecule has 2 aromatic rings. The molecule has 0 aliphatic rings. The smallest absolute Gasteiger partial charge is 0.338 e. The number of halogens is 1. The lowest BCUT2D eigenvalue weighted by molar-refractivity contribution is 0.0474. The van der Waals surface area contributed by atoms with E-state index in [2.05, 4.69) is 0 Å². The van der Waals surface area contributed by atoms with Gasteiger partial charge < -0.3 is 19.9 Å². The number of hydrogen-bond donors (Lipinski definition) is 2. The van der Waals surface area contributed by atoms with Crippen LogP contribution in [0.1, 0.15) is 20.7 Å². The topological polar surface area (TPSA) is 143 Å². The molecule has 1 aromatic carbocycles. The third-order valence-corrected chi connectivity index (χ3v) is 3.93. The number of hydrogen-bond acceptors (Lipinski definition) is 8. The Bertz CT molecular complexity index is 1030. The number of aromatic nitrogens is 2. The molecule has 0 aliphatic carbocycles. The maximum Gasteiger partial charge on any atom is 0.338 e. The first kappa shape index (κ1) is 20.0. The van der Waals surface area contributed by atoms with Crippen molar-refractivity contribution in [3.63, 3.8) is 0 Å². The fraction of sp³-hybridized carbons (Fsp3) is 0.250. The maximum absolute atomic E-state index is 12.2. The number of ketones is 1. The molecule has 3 N–H and O–H groups in total. The molecule has 0 unspecified atom stereocenters. The number of aromatic amines is 1. The average Bonchev–Trinajstić information content (AvgIpc) is 2.63. The van der Waals surface area contributed by atoms with Crippen LogP contribution in [0.3, 0.4) is 0 Å². The van der Waals surface area contributed by atoms with Crippen LogP contribution in [0.4, 0.5) is 5.82 Å². The number of nitrogen functional groups attached to an aromatic ring is 1. The number of methoxy groups -OCH3 is 2. The highest BCUT2D eigenvalue weighted by atomic mass is 35.5. The number of carbonyl (C=O) groups excluding carboxylic acids is 2. The van der Waals surface area contributed by atoms with Gasteiger partial charge in [0.15, 0.2) is 18.1 Å². The standard InChI is InChI=1S/C16H16ClN3O7/c1-20-13(18)11(14(22)19-16(20)24)9(21)6-27-15(23)7-4-8(17)12(26-3)10(5-7)25-2/h4-5H,6,18H2,1-3H3,(H,19,22,24).